The van der Waals surface area contributed by atoms with Crippen LogP contribution < -0.4 is 0 Å². The monoisotopic (exact) mass is 790 g/mol. The summed E-state index contributed by atoms with van der Waals surface area (Å²) in [4.78, 5) is 15.9. The topological polar surface area (TPSA) is 56.7 Å². The van der Waals surface area contributed by atoms with Gasteiger partial charge >= 0.3 is 0 Å². The highest BCUT2D eigenvalue weighted by Gasteiger charge is 2.23. The summed E-state index contributed by atoms with van der Waals surface area (Å²) in [5.74, 6) is 1.82. The minimum Gasteiger partial charge on any atom is -0.456 e. The van der Waals surface area contributed by atoms with Gasteiger partial charge in [0.05, 0.1) is 11.0 Å². The molecule has 0 aliphatic carbocycles. The van der Waals surface area contributed by atoms with Crippen LogP contribution in [-0.4, -0.2) is 19.5 Å². The molecular formula is C57H34N4O. The number of furan rings is 1. The second-order valence-electron chi connectivity index (χ2n) is 15.9. The van der Waals surface area contributed by atoms with Crippen LogP contribution in [0.3, 0.4) is 0 Å². The van der Waals surface area contributed by atoms with Crippen molar-refractivity contribution in [2.45, 2.75) is 0 Å². The molecule has 62 heavy (non-hydrogen) atoms. The van der Waals surface area contributed by atoms with Gasteiger partial charge in [-0.1, -0.05) is 158 Å². The van der Waals surface area contributed by atoms with Gasteiger partial charge < -0.3 is 8.98 Å². The van der Waals surface area contributed by atoms with Gasteiger partial charge in [-0.3, -0.25) is 0 Å². The van der Waals surface area contributed by atoms with E-state index in [9.17, 15) is 0 Å². The fourth-order valence-electron chi connectivity index (χ4n) is 9.59. The summed E-state index contributed by atoms with van der Waals surface area (Å²) in [7, 11) is 0. The van der Waals surface area contributed by atoms with Crippen LogP contribution in [0.25, 0.3) is 127 Å². The van der Waals surface area contributed by atoms with E-state index in [-0.39, 0.29) is 0 Å². The average Bonchev–Trinajstić information content (AvgIpc) is 3.89. The molecular weight excluding hydrogens is 757 g/mol. The molecule has 0 aliphatic rings. The molecule has 0 fully saturated rings. The molecule has 10 aromatic carbocycles. The molecule has 5 heteroatoms. The zero-order chi connectivity index (χ0) is 40.7. The Morgan fingerprint density at radius 3 is 1.77 bits per heavy atom. The Hall–Kier alpha value is -8.41. The summed E-state index contributed by atoms with van der Waals surface area (Å²) in [5.41, 5.74) is 9.78. The van der Waals surface area contributed by atoms with Gasteiger partial charge in [-0.05, 0) is 92.0 Å². The van der Waals surface area contributed by atoms with Crippen LogP contribution in [0.4, 0.5) is 0 Å². The first kappa shape index (κ1) is 34.5. The largest absolute Gasteiger partial charge is 0.456 e. The number of fused-ring (bicyclic) bond motifs is 10. The lowest BCUT2D eigenvalue weighted by atomic mass is 9.93. The van der Waals surface area contributed by atoms with Gasteiger partial charge in [-0.25, -0.2) is 15.0 Å². The van der Waals surface area contributed by atoms with Crippen LogP contribution in [0.5, 0.6) is 0 Å². The molecule has 5 nitrogen and oxygen atoms in total. The highest BCUT2D eigenvalue weighted by atomic mass is 16.3. The molecule has 288 valence electrons. The summed E-state index contributed by atoms with van der Waals surface area (Å²) in [6, 6.07) is 72.8. The van der Waals surface area contributed by atoms with Crippen LogP contribution >= 0.6 is 0 Å². The molecule has 0 saturated carbocycles. The number of hydrogen-bond acceptors (Lipinski definition) is 4. The van der Waals surface area contributed by atoms with E-state index in [1.165, 1.54) is 21.5 Å². The van der Waals surface area contributed by atoms with E-state index in [4.69, 9.17) is 19.4 Å². The molecule has 0 unspecified atom stereocenters. The number of para-hydroxylation sites is 1. The molecule has 0 bridgehead atoms. The molecule has 0 spiro atoms. The molecule has 3 heterocycles. The lowest BCUT2D eigenvalue weighted by Gasteiger charge is -2.16. The Balaban J connectivity index is 1.15. The maximum absolute atomic E-state index is 6.68. The Morgan fingerprint density at radius 1 is 0.323 bits per heavy atom. The van der Waals surface area contributed by atoms with Crippen LogP contribution in [0.15, 0.2) is 211 Å². The summed E-state index contributed by atoms with van der Waals surface area (Å²) < 4.78 is 9.08. The van der Waals surface area contributed by atoms with Crippen molar-refractivity contribution in [2.24, 2.45) is 0 Å². The van der Waals surface area contributed by atoms with Crippen molar-refractivity contribution in [2.75, 3.05) is 0 Å². The molecule has 0 N–H and O–H groups in total. The summed E-state index contributed by atoms with van der Waals surface area (Å²) in [6.07, 6.45) is 0. The third-order valence-electron chi connectivity index (χ3n) is 12.4. The third-order valence-corrected chi connectivity index (χ3v) is 12.4. The van der Waals surface area contributed by atoms with Crippen molar-refractivity contribution in [1.82, 2.24) is 19.5 Å². The highest BCUT2D eigenvalue weighted by Crippen LogP contribution is 2.45. The zero-order valence-electron chi connectivity index (χ0n) is 33.3. The number of hydrogen-bond donors (Lipinski definition) is 0. The normalized spacial score (nSPS) is 11.9. The maximum atomic E-state index is 6.68. The summed E-state index contributed by atoms with van der Waals surface area (Å²) >= 11 is 0. The standard InChI is InChI=1S/C57H34N4O/c1-2-16-37(17-3-1)55-58-56(45-25-12-20-35-14-6-8-21-41(35)45)60-57(59-55)46-30-29-40(61-49-26-11-10-23-43(49)48-32-38-18-4-5-19-39(38)33-50(48)61)34-47(46)44-24-13-27-51-54(44)53-42-22-9-7-15-36(42)28-31-52(53)62-51/h1-34H. The highest BCUT2D eigenvalue weighted by molar-refractivity contribution is 6.23. The van der Waals surface area contributed by atoms with Gasteiger partial charge in [0, 0.05) is 43.9 Å². The summed E-state index contributed by atoms with van der Waals surface area (Å²) in [5, 5.41) is 11.5. The second-order valence-corrected chi connectivity index (χ2v) is 15.9. The third kappa shape index (κ3) is 5.32. The van der Waals surface area contributed by atoms with Crippen molar-refractivity contribution in [1.29, 1.82) is 0 Å². The Labute approximate surface area is 355 Å². The molecule has 0 atom stereocenters. The van der Waals surface area contributed by atoms with E-state index >= 15 is 0 Å². The molecule has 0 saturated heterocycles. The van der Waals surface area contributed by atoms with Crippen molar-refractivity contribution in [3.8, 4) is 51.0 Å². The van der Waals surface area contributed by atoms with Gasteiger partial charge in [0.15, 0.2) is 17.5 Å². The van der Waals surface area contributed by atoms with Gasteiger partial charge in [0.2, 0.25) is 0 Å². The SMILES string of the molecule is c1ccc(-c2nc(-c3ccc(-n4c5ccccc5c5cc6ccccc6cc54)cc3-c3cccc4oc5ccc6ccccc6c5c34)nc(-c3cccc4ccccc34)n2)cc1. The Morgan fingerprint density at radius 2 is 0.935 bits per heavy atom. The fourth-order valence-corrected chi connectivity index (χ4v) is 9.59. The fraction of sp³-hybridized carbons (Fsp3) is 0. The first-order chi connectivity index (χ1) is 30.7. The van der Waals surface area contributed by atoms with E-state index in [0.717, 1.165) is 88.0 Å². The predicted octanol–water partition coefficient (Wildman–Crippen LogP) is 15.0. The smallest absolute Gasteiger partial charge is 0.164 e. The molecule has 0 radical (unpaired) electrons. The lowest BCUT2D eigenvalue weighted by molar-refractivity contribution is 0.669. The summed E-state index contributed by atoms with van der Waals surface area (Å²) in [6.45, 7) is 0. The zero-order valence-corrected chi connectivity index (χ0v) is 33.3. The predicted molar refractivity (Wildman–Crippen MR) is 256 cm³/mol. The van der Waals surface area contributed by atoms with Gasteiger partial charge in [-0.2, -0.15) is 0 Å². The van der Waals surface area contributed by atoms with Crippen molar-refractivity contribution in [3.63, 3.8) is 0 Å². The Kier molecular flexibility index (Phi) is 7.54. The first-order valence-corrected chi connectivity index (χ1v) is 20.9. The van der Waals surface area contributed by atoms with Crippen LogP contribution in [0, 0.1) is 0 Å². The minimum absolute atomic E-state index is 0.589. The van der Waals surface area contributed by atoms with E-state index in [1.807, 2.05) is 18.2 Å². The first-order valence-electron chi connectivity index (χ1n) is 20.9. The van der Waals surface area contributed by atoms with Gasteiger partial charge in [0.1, 0.15) is 11.2 Å². The molecule has 13 rings (SSSR count). The van der Waals surface area contributed by atoms with E-state index < -0.39 is 0 Å². The lowest BCUT2D eigenvalue weighted by Crippen LogP contribution is -2.02. The van der Waals surface area contributed by atoms with Crippen molar-refractivity contribution >= 4 is 76.1 Å². The number of aromatic nitrogens is 4. The minimum atomic E-state index is 0.589. The van der Waals surface area contributed by atoms with Gasteiger partial charge in [-0.15, -0.1) is 0 Å². The average molecular weight is 791 g/mol. The van der Waals surface area contributed by atoms with E-state index in [1.54, 1.807) is 0 Å². The molecule has 0 amide bonds. The molecule has 3 aromatic heterocycles. The van der Waals surface area contributed by atoms with Crippen molar-refractivity contribution in [3.05, 3.63) is 206 Å². The second kappa shape index (κ2) is 13.6. The van der Waals surface area contributed by atoms with Crippen LogP contribution in [0.2, 0.25) is 0 Å². The van der Waals surface area contributed by atoms with Crippen molar-refractivity contribution < 1.29 is 4.42 Å². The van der Waals surface area contributed by atoms with Crippen LogP contribution in [0.1, 0.15) is 0 Å². The molecule has 13 aromatic rings. The van der Waals surface area contributed by atoms with Gasteiger partial charge in [0.25, 0.3) is 0 Å². The molecule has 0 aliphatic heterocycles. The quantitative estimate of drug-likeness (QED) is 0.174. The number of benzene rings is 10. The maximum Gasteiger partial charge on any atom is 0.164 e. The van der Waals surface area contributed by atoms with Crippen LogP contribution in [-0.2, 0) is 0 Å². The number of nitrogens with zero attached hydrogens (tertiary/aromatic N) is 4. The van der Waals surface area contributed by atoms with E-state index in [0.29, 0.717) is 17.5 Å². The Bertz CT molecular complexity index is 3930. The van der Waals surface area contributed by atoms with E-state index in [2.05, 4.69) is 193 Å². The number of rotatable bonds is 5.